The van der Waals surface area contributed by atoms with Crippen LogP contribution in [-0.2, 0) is 12.8 Å². The first-order valence-electron chi connectivity index (χ1n) is 7.62. The summed E-state index contributed by atoms with van der Waals surface area (Å²) in [4.78, 5) is 10.4. The Kier molecular flexibility index (Phi) is 5.10. The van der Waals surface area contributed by atoms with Gasteiger partial charge in [-0.3, -0.25) is 15.2 Å². The molecule has 0 unspecified atom stereocenters. The SMILES string of the molecule is O=[N+]([O-])c1cccc(/C=N\n2c(CCc3ccccc3)n[nH]c2=S)c1. The molecule has 0 saturated heterocycles. The van der Waals surface area contributed by atoms with E-state index in [0.29, 0.717) is 22.6 Å². The van der Waals surface area contributed by atoms with Gasteiger partial charge in [0.25, 0.3) is 5.69 Å². The highest BCUT2D eigenvalue weighted by atomic mass is 32.1. The average Bonchev–Trinajstić information content (AvgIpc) is 2.99. The van der Waals surface area contributed by atoms with Crippen molar-refractivity contribution in [3.05, 3.63) is 86.4 Å². The van der Waals surface area contributed by atoms with Crippen molar-refractivity contribution in [3.8, 4) is 0 Å². The smallest absolute Gasteiger partial charge is 0.258 e. The van der Waals surface area contributed by atoms with E-state index >= 15 is 0 Å². The molecule has 0 saturated carbocycles. The molecule has 1 N–H and O–H groups in total. The van der Waals surface area contributed by atoms with Crippen LogP contribution in [0, 0.1) is 14.9 Å². The number of aromatic amines is 1. The minimum Gasteiger partial charge on any atom is -0.258 e. The van der Waals surface area contributed by atoms with Crippen LogP contribution >= 0.6 is 12.2 Å². The topological polar surface area (TPSA) is 89.1 Å². The second-order valence-corrected chi connectivity index (χ2v) is 5.73. The molecule has 0 spiro atoms. The van der Waals surface area contributed by atoms with Crippen molar-refractivity contribution in [3.63, 3.8) is 0 Å². The molecule has 1 aromatic heterocycles. The molecule has 0 amide bonds. The standard InChI is InChI=1S/C17H15N5O2S/c23-22(24)15-8-4-7-14(11-15)12-18-21-16(19-20-17(21)25)10-9-13-5-2-1-3-6-13/h1-8,11-12H,9-10H2,(H,20,25)/b18-12-. The number of benzene rings is 2. The lowest BCUT2D eigenvalue weighted by Gasteiger charge is -2.01. The van der Waals surface area contributed by atoms with Gasteiger partial charge in [0, 0.05) is 24.1 Å². The Hall–Kier alpha value is -3.13. The maximum atomic E-state index is 10.8. The first-order chi connectivity index (χ1) is 12.1. The molecule has 0 radical (unpaired) electrons. The van der Waals surface area contributed by atoms with Gasteiger partial charge >= 0.3 is 0 Å². The van der Waals surface area contributed by atoms with Crippen molar-refractivity contribution < 1.29 is 4.92 Å². The summed E-state index contributed by atoms with van der Waals surface area (Å²) in [6, 6.07) is 16.3. The minimum atomic E-state index is -0.438. The van der Waals surface area contributed by atoms with Crippen LogP contribution in [0.2, 0.25) is 0 Å². The van der Waals surface area contributed by atoms with Gasteiger partial charge in [-0.25, -0.2) is 0 Å². The first-order valence-corrected chi connectivity index (χ1v) is 8.03. The Morgan fingerprint density at radius 1 is 1.20 bits per heavy atom. The summed E-state index contributed by atoms with van der Waals surface area (Å²) in [5.41, 5.74) is 1.83. The molecular weight excluding hydrogens is 338 g/mol. The number of rotatable bonds is 6. The zero-order chi connectivity index (χ0) is 17.6. The number of nitrogens with zero attached hydrogens (tertiary/aromatic N) is 4. The summed E-state index contributed by atoms with van der Waals surface area (Å²) < 4.78 is 1.92. The van der Waals surface area contributed by atoms with Gasteiger partial charge in [-0.2, -0.15) is 14.9 Å². The third-order valence-corrected chi connectivity index (χ3v) is 3.87. The van der Waals surface area contributed by atoms with Gasteiger partial charge in [0.15, 0.2) is 5.82 Å². The van der Waals surface area contributed by atoms with Crippen LogP contribution < -0.4 is 0 Å². The predicted molar refractivity (Wildman–Crippen MR) is 97.4 cm³/mol. The van der Waals surface area contributed by atoms with Gasteiger partial charge in [-0.1, -0.05) is 42.5 Å². The van der Waals surface area contributed by atoms with E-state index in [1.807, 2.05) is 18.2 Å². The number of nitrogens with one attached hydrogen (secondary N) is 1. The molecule has 0 atom stereocenters. The van der Waals surface area contributed by atoms with Gasteiger partial charge < -0.3 is 0 Å². The number of nitro benzene ring substituents is 1. The molecule has 0 aliphatic heterocycles. The second kappa shape index (κ2) is 7.63. The maximum absolute atomic E-state index is 10.8. The van der Waals surface area contributed by atoms with Gasteiger partial charge in [0.1, 0.15) is 0 Å². The fraction of sp³-hybridized carbons (Fsp3) is 0.118. The van der Waals surface area contributed by atoms with Crippen molar-refractivity contribution in [2.24, 2.45) is 5.10 Å². The number of aryl methyl sites for hydroxylation is 2. The summed E-state index contributed by atoms with van der Waals surface area (Å²) in [5.74, 6) is 0.704. The fourth-order valence-corrected chi connectivity index (χ4v) is 2.55. The monoisotopic (exact) mass is 353 g/mol. The Morgan fingerprint density at radius 2 is 2.00 bits per heavy atom. The normalized spacial score (nSPS) is 11.0. The second-order valence-electron chi connectivity index (χ2n) is 5.34. The molecule has 3 aromatic rings. The van der Waals surface area contributed by atoms with Crippen molar-refractivity contribution >= 4 is 24.1 Å². The fourth-order valence-electron chi connectivity index (χ4n) is 2.35. The van der Waals surface area contributed by atoms with Crippen LogP contribution in [0.15, 0.2) is 59.7 Å². The molecule has 7 nitrogen and oxygen atoms in total. The molecular formula is C17H15N5O2S. The Morgan fingerprint density at radius 3 is 2.76 bits per heavy atom. The summed E-state index contributed by atoms with van der Waals surface area (Å²) in [5, 5.41) is 22.1. The molecule has 1 heterocycles. The van der Waals surface area contributed by atoms with Crippen LogP contribution in [0.25, 0.3) is 0 Å². The molecule has 0 aliphatic rings. The van der Waals surface area contributed by atoms with E-state index < -0.39 is 4.92 Å². The number of aromatic nitrogens is 3. The molecule has 0 fully saturated rings. The van der Waals surface area contributed by atoms with Crippen molar-refractivity contribution in [1.29, 1.82) is 0 Å². The van der Waals surface area contributed by atoms with Gasteiger partial charge in [-0.05, 0) is 24.2 Å². The molecule has 8 heteroatoms. The van der Waals surface area contributed by atoms with E-state index in [4.69, 9.17) is 12.2 Å². The van der Waals surface area contributed by atoms with E-state index in [1.54, 1.807) is 12.1 Å². The van der Waals surface area contributed by atoms with Crippen molar-refractivity contribution in [1.82, 2.24) is 14.9 Å². The molecule has 0 aliphatic carbocycles. The average molecular weight is 353 g/mol. The van der Waals surface area contributed by atoms with E-state index in [1.165, 1.54) is 28.6 Å². The number of nitro groups is 1. The summed E-state index contributed by atoms with van der Waals surface area (Å²) in [7, 11) is 0. The summed E-state index contributed by atoms with van der Waals surface area (Å²) in [6.07, 6.45) is 3.01. The highest BCUT2D eigenvalue weighted by Gasteiger charge is 2.07. The summed E-state index contributed by atoms with van der Waals surface area (Å²) >= 11 is 5.21. The Labute approximate surface area is 148 Å². The molecule has 25 heavy (non-hydrogen) atoms. The largest absolute Gasteiger partial charge is 0.270 e. The molecule has 0 bridgehead atoms. The Balaban J connectivity index is 1.78. The zero-order valence-electron chi connectivity index (χ0n) is 13.2. The van der Waals surface area contributed by atoms with E-state index in [2.05, 4.69) is 27.4 Å². The number of hydrogen-bond acceptors (Lipinski definition) is 5. The van der Waals surface area contributed by atoms with E-state index in [9.17, 15) is 10.1 Å². The number of non-ortho nitro benzene ring substituents is 1. The van der Waals surface area contributed by atoms with Crippen molar-refractivity contribution in [2.75, 3.05) is 0 Å². The quantitative estimate of drug-likeness (QED) is 0.318. The van der Waals surface area contributed by atoms with Gasteiger partial charge in [0.05, 0.1) is 11.1 Å². The maximum Gasteiger partial charge on any atom is 0.270 e. The Bertz CT molecular complexity index is 962. The molecule has 2 aromatic carbocycles. The lowest BCUT2D eigenvalue weighted by Crippen LogP contribution is -2.01. The van der Waals surface area contributed by atoms with E-state index in [0.717, 1.165) is 6.42 Å². The van der Waals surface area contributed by atoms with Crippen LogP contribution in [0.5, 0.6) is 0 Å². The number of H-pyrrole nitrogens is 1. The number of hydrogen-bond donors (Lipinski definition) is 1. The third-order valence-electron chi connectivity index (χ3n) is 3.60. The first kappa shape index (κ1) is 16.7. The third kappa shape index (κ3) is 4.24. The van der Waals surface area contributed by atoms with Crippen LogP contribution in [0.3, 0.4) is 0 Å². The molecule has 3 rings (SSSR count). The van der Waals surface area contributed by atoms with Crippen molar-refractivity contribution in [2.45, 2.75) is 12.8 Å². The lowest BCUT2D eigenvalue weighted by atomic mass is 10.1. The van der Waals surface area contributed by atoms with Gasteiger partial charge in [-0.15, -0.1) is 0 Å². The predicted octanol–water partition coefficient (Wildman–Crippen LogP) is 3.52. The van der Waals surface area contributed by atoms with Crippen LogP contribution in [0.4, 0.5) is 5.69 Å². The van der Waals surface area contributed by atoms with Crippen LogP contribution in [-0.4, -0.2) is 26.0 Å². The summed E-state index contributed by atoms with van der Waals surface area (Å²) in [6.45, 7) is 0. The zero-order valence-corrected chi connectivity index (χ0v) is 14.0. The molecule has 126 valence electrons. The lowest BCUT2D eigenvalue weighted by molar-refractivity contribution is -0.384. The van der Waals surface area contributed by atoms with E-state index in [-0.39, 0.29) is 5.69 Å². The van der Waals surface area contributed by atoms with Crippen LogP contribution in [0.1, 0.15) is 17.0 Å². The minimum absolute atomic E-state index is 0.0176. The highest BCUT2D eigenvalue weighted by Crippen LogP contribution is 2.12. The van der Waals surface area contributed by atoms with Gasteiger partial charge in [0.2, 0.25) is 4.77 Å². The highest BCUT2D eigenvalue weighted by molar-refractivity contribution is 7.71.